The maximum absolute atomic E-state index is 11.9. The number of likely N-dealkylation sites (N-methyl/N-ethyl adjacent to an activating group) is 1. The van der Waals surface area contributed by atoms with Crippen LogP contribution in [-0.4, -0.2) is 59.6 Å². The number of amides is 1. The Morgan fingerprint density at radius 1 is 1.53 bits per heavy atom. The van der Waals surface area contributed by atoms with Crippen molar-refractivity contribution in [3.63, 3.8) is 0 Å². The van der Waals surface area contributed by atoms with Crippen molar-refractivity contribution in [2.75, 3.05) is 26.7 Å². The summed E-state index contributed by atoms with van der Waals surface area (Å²) in [6.45, 7) is 6.07. The average Bonchev–Trinajstić information content (AvgIpc) is 2.20. The molecule has 1 rings (SSSR count). The number of carbonyl (C=O) groups excluding carboxylic acids is 1. The van der Waals surface area contributed by atoms with E-state index >= 15 is 0 Å². The zero-order valence-corrected chi connectivity index (χ0v) is 9.94. The van der Waals surface area contributed by atoms with Crippen molar-refractivity contribution in [2.24, 2.45) is 0 Å². The van der Waals surface area contributed by atoms with Gasteiger partial charge >= 0.3 is 0 Å². The van der Waals surface area contributed by atoms with E-state index in [4.69, 9.17) is 5.11 Å². The van der Waals surface area contributed by atoms with Crippen LogP contribution in [0.3, 0.4) is 0 Å². The van der Waals surface area contributed by atoms with Gasteiger partial charge in [0.2, 0.25) is 5.91 Å². The van der Waals surface area contributed by atoms with E-state index in [0.717, 1.165) is 19.5 Å². The van der Waals surface area contributed by atoms with E-state index in [-0.39, 0.29) is 18.6 Å². The molecule has 2 atom stereocenters. The van der Waals surface area contributed by atoms with Crippen molar-refractivity contribution < 1.29 is 9.90 Å². The second-order valence-corrected chi connectivity index (χ2v) is 4.33. The quantitative estimate of drug-likeness (QED) is 0.732. The zero-order valence-electron chi connectivity index (χ0n) is 9.94. The van der Waals surface area contributed by atoms with E-state index in [1.807, 2.05) is 7.05 Å². The van der Waals surface area contributed by atoms with Gasteiger partial charge in [0.05, 0.1) is 6.04 Å². The van der Waals surface area contributed by atoms with Crippen LogP contribution in [0.25, 0.3) is 0 Å². The van der Waals surface area contributed by atoms with E-state index in [2.05, 4.69) is 18.7 Å². The van der Waals surface area contributed by atoms with E-state index in [9.17, 15) is 4.79 Å². The van der Waals surface area contributed by atoms with Gasteiger partial charge in [-0.3, -0.25) is 9.69 Å². The molecular weight excluding hydrogens is 192 g/mol. The fourth-order valence-corrected chi connectivity index (χ4v) is 2.34. The molecule has 1 amide bonds. The third-order valence-electron chi connectivity index (χ3n) is 3.05. The normalized spacial score (nSPS) is 28.5. The molecule has 4 nitrogen and oxygen atoms in total. The molecule has 1 aliphatic heterocycles. The van der Waals surface area contributed by atoms with Crippen molar-refractivity contribution in [2.45, 2.75) is 38.8 Å². The van der Waals surface area contributed by atoms with Crippen LogP contribution < -0.4 is 0 Å². The van der Waals surface area contributed by atoms with Gasteiger partial charge in [-0.2, -0.15) is 0 Å². The molecule has 0 radical (unpaired) electrons. The minimum Gasteiger partial charge on any atom is -0.396 e. The number of aliphatic hydroxyl groups is 1. The highest BCUT2D eigenvalue weighted by atomic mass is 16.3. The average molecular weight is 214 g/mol. The summed E-state index contributed by atoms with van der Waals surface area (Å²) in [6, 6.07) is 0.271. The maximum Gasteiger partial charge on any atom is 0.239 e. The lowest BCUT2D eigenvalue weighted by Crippen LogP contribution is -2.60. The smallest absolute Gasteiger partial charge is 0.239 e. The Labute approximate surface area is 91.9 Å². The highest BCUT2D eigenvalue weighted by Gasteiger charge is 2.35. The van der Waals surface area contributed by atoms with Gasteiger partial charge in [0, 0.05) is 26.2 Å². The first kappa shape index (κ1) is 12.5. The number of hydrogen-bond acceptors (Lipinski definition) is 3. The summed E-state index contributed by atoms with van der Waals surface area (Å²) < 4.78 is 0. The Kier molecular flexibility index (Phi) is 4.54. The minimum absolute atomic E-state index is 0.0805. The molecule has 15 heavy (non-hydrogen) atoms. The molecule has 1 N–H and O–H groups in total. The van der Waals surface area contributed by atoms with Crippen molar-refractivity contribution in [1.29, 1.82) is 0 Å². The summed E-state index contributed by atoms with van der Waals surface area (Å²) in [7, 11) is 1.84. The molecule has 0 spiro atoms. The molecule has 1 saturated heterocycles. The number of rotatable bonds is 4. The lowest BCUT2D eigenvalue weighted by Gasteiger charge is -2.43. The molecule has 0 aromatic heterocycles. The molecule has 4 heteroatoms. The highest BCUT2D eigenvalue weighted by Crippen LogP contribution is 2.18. The topological polar surface area (TPSA) is 43.8 Å². The molecule has 0 aliphatic carbocycles. The van der Waals surface area contributed by atoms with Gasteiger partial charge in [-0.1, -0.05) is 6.92 Å². The van der Waals surface area contributed by atoms with Crippen molar-refractivity contribution in [1.82, 2.24) is 9.80 Å². The van der Waals surface area contributed by atoms with Crippen molar-refractivity contribution in [3.05, 3.63) is 0 Å². The summed E-state index contributed by atoms with van der Waals surface area (Å²) in [5, 5.41) is 9.00. The van der Waals surface area contributed by atoms with Crippen LogP contribution >= 0.6 is 0 Å². The third-order valence-corrected chi connectivity index (χ3v) is 3.05. The standard InChI is InChI=1S/C11H22N2O2/c1-4-6-13-9(2)8-12(3)11(15)10(13)5-7-14/h9-10,14H,4-8H2,1-3H3. The number of aliphatic hydroxyl groups excluding tert-OH is 1. The zero-order chi connectivity index (χ0) is 11.4. The van der Waals surface area contributed by atoms with Crippen LogP contribution in [0.4, 0.5) is 0 Å². The van der Waals surface area contributed by atoms with Crippen LogP contribution in [0.2, 0.25) is 0 Å². The van der Waals surface area contributed by atoms with Crippen LogP contribution in [0.15, 0.2) is 0 Å². The fourth-order valence-electron chi connectivity index (χ4n) is 2.34. The molecule has 1 fully saturated rings. The van der Waals surface area contributed by atoms with Crippen LogP contribution in [-0.2, 0) is 4.79 Å². The van der Waals surface area contributed by atoms with Gasteiger partial charge in [-0.15, -0.1) is 0 Å². The number of hydrogen-bond donors (Lipinski definition) is 1. The predicted octanol–water partition coefficient (Wildman–Crippen LogP) is 0.310. The molecule has 1 heterocycles. The molecule has 0 aromatic carbocycles. The lowest BCUT2D eigenvalue weighted by molar-refractivity contribution is -0.143. The van der Waals surface area contributed by atoms with Crippen molar-refractivity contribution in [3.8, 4) is 0 Å². The summed E-state index contributed by atoms with van der Waals surface area (Å²) in [4.78, 5) is 15.9. The van der Waals surface area contributed by atoms with E-state index in [0.29, 0.717) is 12.5 Å². The SMILES string of the molecule is CCCN1C(C)CN(C)C(=O)C1CCO. The van der Waals surface area contributed by atoms with E-state index < -0.39 is 0 Å². The summed E-state index contributed by atoms with van der Waals surface area (Å²) >= 11 is 0. The third kappa shape index (κ3) is 2.69. The highest BCUT2D eigenvalue weighted by molar-refractivity contribution is 5.82. The van der Waals surface area contributed by atoms with Crippen molar-refractivity contribution >= 4 is 5.91 Å². The largest absolute Gasteiger partial charge is 0.396 e. The minimum atomic E-state index is -0.122. The molecule has 2 unspecified atom stereocenters. The first-order chi connectivity index (χ1) is 7.11. The first-order valence-corrected chi connectivity index (χ1v) is 5.73. The maximum atomic E-state index is 11.9. The van der Waals surface area contributed by atoms with Crippen LogP contribution in [0, 0.1) is 0 Å². The molecule has 88 valence electrons. The molecule has 0 aromatic rings. The second-order valence-electron chi connectivity index (χ2n) is 4.33. The molecular formula is C11H22N2O2. The summed E-state index contributed by atoms with van der Waals surface area (Å²) in [5.74, 6) is 0.149. The van der Waals surface area contributed by atoms with Gasteiger partial charge in [0.1, 0.15) is 0 Å². The fraction of sp³-hybridized carbons (Fsp3) is 0.909. The summed E-state index contributed by atoms with van der Waals surface area (Å²) in [5.41, 5.74) is 0. The predicted molar refractivity (Wildman–Crippen MR) is 59.6 cm³/mol. The first-order valence-electron chi connectivity index (χ1n) is 5.73. The van der Waals surface area contributed by atoms with Crippen LogP contribution in [0.1, 0.15) is 26.7 Å². The monoisotopic (exact) mass is 214 g/mol. The van der Waals surface area contributed by atoms with Crippen LogP contribution in [0.5, 0.6) is 0 Å². The Hall–Kier alpha value is -0.610. The Morgan fingerprint density at radius 3 is 2.73 bits per heavy atom. The summed E-state index contributed by atoms with van der Waals surface area (Å²) in [6.07, 6.45) is 1.59. The Morgan fingerprint density at radius 2 is 2.20 bits per heavy atom. The Balaban J connectivity index is 2.75. The molecule has 0 bridgehead atoms. The van der Waals surface area contributed by atoms with Gasteiger partial charge in [-0.25, -0.2) is 0 Å². The Bertz CT molecular complexity index is 221. The van der Waals surface area contributed by atoms with E-state index in [1.54, 1.807) is 4.90 Å². The number of nitrogens with zero attached hydrogens (tertiary/aromatic N) is 2. The van der Waals surface area contributed by atoms with Gasteiger partial charge < -0.3 is 10.0 Å². The molecule has 1 aliphatic rings. The lowest BCUT2D eigenvalue weighted by atomic mass is 10.0. The van der Waals surface area contributed by atoms with Gasteiger partial charge in [0.25, 0.3) is 0 Å². The second kappa shape index (κ2) is 5.47. The number of carbonyl (C=O) groups is 1. The van der Waals surface area contributed by atoms with Gasteiger partial charge in [0.15, 0.2) is 0 Å². The molecule has 0 saturated carbocycles. The number of piperazine rings is 1. The van der Waals surface area contributed by atoms with E-state index in [1.165, 1.54) is 0 Å². The van der Waals surface area contributed by atoms with Gasteiger partial charge in [-0.05, 0) is 26.3 Å².